The van der Waals surface area contributed by atoms with Crippen LogP contribution in [0.5, 0.6) is 0 Å². The lowest BCUT2D eigenvalue weighted by atomic mass is 10.0. The standard InChI is InChI=1S/C19H26FN5O2/c1-2-18(15-4-6-16(20)7-5-15)25-14-17(22-23-25)19(26)21-8-3-9-24-10-12-27-13-11-24/h4-7,14,18H,2-3,8-13H2,1H3,(H,21,26)/t18-/m0/s1. The Kier molecular flexibility index (Phi) is 6.89. The van der Waals surface area contributed by atoms with E-state index < -0.39 is 0 Å². The summed E-state index contributed by atoms with van der Waals surface area (Å²) in [4.78, 5) is 14.6. The Hall–Kier alpha value is -2.32. The lowest BCUT2D eigenvalue weighted by Crippen LogP contribution is -2.38. The van der Waals surface area contributed by atoms with Gasteiger partial charge in [-0.15, -0.1) is 5.10 Å². The van der Waals surface area contributed by atoms with Crippen molar-refractivity contribution in [1.82, 2.24) is 25.2 Å². The molecule has 7 nitrogen and oxygen atoms in total. The number of ether oxygens (including phenoxy) is 1. The highest BCUT2D eigenvalue weighted by Crippen LogP contribution is 2.21. The second-order valence-electron chi connectivity index (χ2n) is 6.62. The van der Waals surface area contributed by atoms with Gasteiger partial charge in [-0.05, 0) is 37.1 Å². The molecule has 2 heterocycles. The van der Waals surface area contributed by atoms with E-state index >= 15 is 0 Å². The molecule has 1 fully saturated rings. The van der Waals surface area contributed by atoms with Crippen LogP contribution in [0.25, 0.3) is 0 Å². The zero-order chi connectivity index (χ0) is 19.1. The largest absolute Gasteiger partial charge is 0.379 e. The number of halogens is 1. The molecule has 27 heavy (non-hydrogen) atoms. The molecule has 8 heteroatoms. The molecule has 1 aliphatic heterocycles. The number of morpholine rings is 1. The summed E-state index contributed by atoms with van der Waals surface area (Å²) in [6, 6.07) is 6.24. The van der Waals surface area contributed by atoms with Crippen molar-refractivity contribution < 1.29 is 13.9 Å². The molecule has 1 aromatic carbocycles. The molecule has 0 saturated carbocycles. The summed E-state index contributed by atoms with van der Waals surface area (Å²) in [6.07, 6.45) is 3.29. The maximum absolute atomic E-state index is 13.1. The van der Waals surface area contributed by atoms with Gasteiger partial charge in [-0.3, -0.25) is 9.69 Å². The van der Waals surface area contributed by atoms with E-state index in [4.69, 9.17) is 4.74 Å². The van der Waals surface area contributed by atoms with Crippen LogP contribution in [0.1, 0.15) is 41.9 Å². The third-order valence-corrected chi connectivity index (χ3v) is 4.74. The summed E-state index contributed by atoms with van der Waals surface area (Å²) in [5.74, 6) is -0.499. The fraction of sp³-hybridized carbons (Fsp3) is 0.526. The molecule has 0 aliphatic carbocycles. The van der Waals surface area contributed by atoms with Crippen molar-refractivity contribution in [2.45, 2.75) is 25.8 Å². The minimum atomic E-state index is -0.274. The topological polar surface area (TPSA) is 72.3 Å². The molecular formula is C19H26FN5O2. The quantitative estimate of drug-likeness (QED) is 0.713. The van der Waals surface area contributed by atoms with Crippen molar-refractivity contribution in [3.8, 4) is 0 Å². The fourth-order valence-corrected chi connectivity index (χ4v) is 3.21. The Bertz CT molecular complexity index is 728. The summed E-state index contributed by atoms with van der Waals surface area (Å²) >= 11 is 0. The van der Waals surface area contributed by atoms with Gasteiger partial charge in [0.1, 0.15) is 5.82 Å². The molecule has 3 rings (SSSR count). The van der Waals surface area contributed by atoms with Crippen LogP contribution in [0.2, 0.25) is 0 Å². The van der Waals surface area contributed by atoms with Gasteiger partial charge in [0.2, 0.25) is 0 Å². The molecule has 0 spiro atoms. The molecule has 0 bridgehead atoms. The second-order valence-corrected chi connectivity index (χ2v) is 6.62. The molecule has 0 radical (unpaired) electrons. The van der Waals surface area contributed by atoms with Gasteiger partial charge in [0.25, 0.3) is 5.91 Å². The van der Waals surface area contributed by atoms with E-state index in [1.165, 1.54) is 12.1 Å². The van der Waals surface area contributed by atoms with Crippen molar-refractivity contribution in [3.05, 3.63) is 47.5 Å². The van der Waals surface area contributed by atoms with Crippen molar-refractivity contribution in [2.75, 3.05) is 39.4 Å². The number of aromatic nitrogens is 3. The minimum Gasteiger partial charge on any atom is -0.379 e. The first kappa shape index (κ1) is 19.4. The van der Waals surface area contributed by atoms with Gasteiger partial charge < -0.3 is 10.1 Å². The van der Waals surface area contributed by atoms with Gasteiger partial charge in [0.15, 0.2) is 5.69 Å². The average molecular weight is 375 g/mol. The number of nitrogens with one attached hydrogen (secondary N) is 1. The number of hydrogen-bond acceptors (Lipinski definition) is 5. The highest BCUT2D eigenvalue weighted by Gasteiger charge is 2.17. The second kappa shape index (κ2) is 9.57. The first-order chi connectivity index (χ1) is 13.2. The Morgan fingerprint density at radius 1 is 1.30 bits per heavy atom. The van der Waals surface area contributed by atoms with Crippen molar-refractivity contribution in [1.29, 1.82) is 0 Å². The number of amides is 1. The minimum absolute atomic E-state index is 0.0824. The first-order valence-corrected chi connectivity index (χ1v) is 9.43. The number of carbonyl (C=O) groups is 1. The molecule has 146 valence electrons. The highest BCUT2D eigenvalue weighted by atomic mass is 19.1. The molecule has 0 unspecified atom stereocenters. The molecule has 1 atom stereocenters. The first-order valence-electron chi connectivity index (χ1n) is 9.43. The maximum Gasteiger partial charge on any atom is 0.273 e. The number of rotatable bonds is 8. The fourth-order valence-electron chi connectivity index (χ4n) is 3.21. The smallest absolute Gasteiger partial charge is 0.273 e. The van der Waals surface area contributed by atoms with Crippen LogP contribution in [0.4, 0.5) is 4.39 Å². The van der Waals surface area contributed by atoms with Crippen molar-refractivity contribution in [2.24, 2.45) is 0 Å². The Labute approximate surface area is 158 Å². The van der Waals surface area contributed by atoms with E-state index in [1.54, 1.807) is 23.0 Å². The van der Waals surface area contributed by atoms with Gasteiger partial charge >= 0.3 is 0 Å². The molecule has 2 aromatic rings. The van der Waals surface area contributed by atoms with Gasteiger partial charge in [0.05, 0.1) is 25.5 Å². The monoisotopic (exact) mass is 375 g/mol. The van der Waals surface area contributed by atoms with Crippen LogP contribution in [-0.4, -0.2) is 65.2 Å². The average Bonchev–Trinajstić information content (AvgIpc) is 3.18. The zero-order valence-corrected chi connectivity index (χ0v) is 15.6. The van der Waals surface area contributed by atoms with Gasteiger partial charge in [0, 0.05) is 19.6 Å². The molecule has 1 N–H and O–H groups in total. The normalized spacial score (nSPS) is 16.2. The number of carbonyl (C=O) groups excluding carboxylic acids is 1. The Morgan fingerprint density at radius 2 is 2.04 bits per heavy atom. The van der Waals surface area contributed by atoms with Crippen LogP contribution in [-0.2, 0) is 4.74 Å². The van der Waals surface area contributed by atoms with Crippen molar-refractivity contribution >= 4 is 5.91 Å². The SMILES string of the molecule is CC[C@@H](c1ccc(F)cc1)n1cc(C(=O)NCCCN2CCOCC2)nn1. The summed E-state index contributed by atoms with van der Waals surface area (Å²) in [5, 5.41) is 11.0. The van der Waals surface area contributed by atoms with Gasteiger partial charge in [-0.1, -0.05) is 24.3 Å². The summed E-state index contributed by atoms with van der Waals surface area (Å²) < 4.78 is 20.1. The predicted octanol–water partition coefficient (Wildman–Crippen LogP) is 1.87. The molecule has 1 aromatic heterocycles. The lowest BCUT2D eigenvalue weighted by Gasteiger charge is -2.26. The summed E-state index contributed by atoms with van der Waals surface area (Å²) in [5.41, 5.74) is 1.23. The number of nitrogens with zero attached hydrogens (tertiary/aromatic N) is 4. The van der Waals surface area contributed by atoms with E-state index in [2.05, 4.69) is 20.5 Å². The van der Waals surface area contributed by atoms with Gasteiger partial charge in [-0.25, -0.2) is 9.07 Å². The van der Waals surface area contributed by atoms with E-state index in [1.807, 2.05) is 6.92 Å². The Morgan fingerprint density at radius 3 is 2.74 bits per heavy atom. The third-order valence-electron chi connectivity index (χ3n) is 4.74. The molecule has 1 saturated heterocycles. The number of benzene rings is 1. The summed E-state index contributed by atoms with van der Waals surface area (Å²) in [7, 11) is 0. The third kappa shape index (κ3) is 5.33. The van der Waals surface area contributed by atoms with E-state index in [0.29, 0.717) is 12.2 Å². The van der Waals surface area contributed by atoms with E-state index in [9.17, 15) is 9.18 Å². The predicted molar refractivity (Wildman–Crippen MR) is 99.1 cm³/mol. The molecule has 1 aliphatic rings. The highest BCUT2D eigenvalue weighted by molar-refractivity contribution is 5.91. The van der Waals surface area contributed by atoms with Crippen molar-refractivity contribution in [3.63, 3.8) is 0 Å². The van der Waals surface area contributed by atoms with Crippen LogP contribution in [0, 0.1) is 5.82 Å². The van der Waals surface area contributed by atoms with E-state index in [0.717, 1.165) is 51.3 Å². The Balaban J connectivity index is 1.51. The van der Waals surface area contributed by atoms with Crippen LogP contribution >= 0.6 is 0 Å². The summed E-state index contributed by atoms with van der Waals surface area (Å²) in [6.45, 7) is 7.01. The van der Waals surface area contributed by atoms with Gasteiger partial charge in [-0.2, -0.15) is 0 Å². The van der Waals surface area contributed by atoms with Crippen LogP contribution in [0.3, 0.4) is 0 Å². The van der Waals surface area contributed by atoms with E-state index in [-0.39, 0.29) is 17.8 Å². The molecule has 1 amide bonds. The zero-order valence-electron chi connectivity index (χ0n) is 15.6. The lowest BCUT2D eigenvalue weighted by molar-refractivity contribution is 0.0374. The molecular weight excluding hydrogens is 349 g/mol. The maximum atomic E-state index is 13.1. The van der Waals surface area contributed by atoms with Crippen LogP contribution < -0.4 is 5.32 Å². The number of hydrogen-bond donors (Lipinski definition) is 1. The van der Waals surface area contributed by atoms with Crippen LogP contribution in [0.15, 0.2) is 30.5 Å².